The molecule has 6 nitrogen and oxygen atoms in total. The Labute approximate surface area is 136 Å². The SMILES string of the molecule is C[C@H](NC(=O)OCc1ccccc1)C(=O)N1CCC(CO)CC1. The number of benzene rings is 1. The second-order valence-corrected chi connectivity index (χ2v) is 5.88. The minimum absolute atomic E-state index is 0.113. The molecule has 1 aromatic rings. The number of hydrogen-bond donors (Lipinski definition) is 2. The summed E-state index contributed by atoms with van der Waals surface area (Å²) >= 11 is 0. The summed E-state index contributed by atoms with van der Waals surface area (Å²) in [6.07, 6.45) is 1.00. The van der Waals surface area contributed by atoms with Crippen molar-refractivity contribution >= 4 is 12.0 Å². The fourth-order valence-corrected chi connectivity index (χ4v) is 2.61. The third kappa shape index (κ3) is 5.25. The van der Waals surface area contributed by atoms with Gasteiger partial charge >= 0.3 is 6.09 Å². The van der Waals surface area contributed by atoms with Gasteiger partial charge in [-0.15, -0.1) is 0 Å². The summed E-state index contributed by atoms with van der Waals surface area (Å²) in [7, 11) is 0. The van der Waals surface area contributed by atoms with Crippen molar-refractivity contribution in [2.45, 2.75) is 32.4 Å². The van der Waals surface area contributed by atoms with Crippen molar-refractivity contribution in [1.82, 2.24) is 10.2 Å². The molecule has 2 N–H and O–H groups in total. The maximum atomic E-state index is 12.3. The Balaban J connectivity index is 1.73. The summed E-state index contributed by atoms with van der Waals surface area (Å²) in [5.41, 5.74) is 0.896. The molecule has 2 amide bonds. The van der Waals surface area contributed by atoms with Gasteiger partial charge in [0.05, 0.1) is 0 Å². The molecule has 1 aliphatic rings. The summed E-state index contributed by atoms with van der Waals surface area (Å²) < 4.78 is 5.12. The van der Waals surface area contributed by atoms with E-state index in [9.17, 15) is 9.59 Å². The Morgan fingerprint density at radius 3 is 2.57 bits per heavy atom. The van der Waals surface area contributed by atoms with Gasteiger partial charge in [-0.25, -0.2) is 4.79 Å². The van der Waals surface area contributed by atoms with Crippen LogP contribution in [0.3, 0.4) is 0 Å². The molecule has 1 fully saturated rings. The van der Waals surface area contributed by atoms with Gasteiger partial charge in [0.15, 0.2) is 0 Å². The van der Waals surface area contributed by atoms with E-state index in [1.165, 1.54) is 0 Å². The van der Waals surface area contributed by atoms with E-state index in [-0.39, 0.29) is 25.0 Å². The van der Waals surface area contributed by atoms with E-state index in [1.54, 1.807) is 11.8 Å². The van der Waals surface area contributed by atoms with E-state index in [1.807, 2.05) is 30.3 Å². The molecule has 23 heavy (non-hydrogen) atoms. The van der Waals surface area contributed by atoms with Gasteiger partial charge in [0.1, 0.15) is 12.6 Å². The average Bonchev–Trinajstić information content (AvgIpc) is 2.60. The predicted octanol–water partition coefficient (Wildman–Crippen LogP) is 1.53. The first-order valence-electron chi connectivity index (χ1n) is 7.97. The predicted molar refractivity (Wildman–Crippen MR) is 85.6 cm³/mol. The Morgan fingerprint density at radius 2 is 1.96 bits per heavy atom. The molecule has 1 aliphatic heterocycles. The lowest BCUT2D eigenvalue weighted by atomic mass is 9.97. The summed E-state index contributed by atoms with van der Waals surface area (Å²) in [6.45, 7) is 3.24. The summed E-state index contributed by atoms with van der Waals surface area (Å²) in [4.78, 5) is 25.8. The van der Waals surface area contributed by atoms with Crippen molar-refractivity contribution in [2.75, 3.05) is 19.7 Å². The van der Waals surface area contributed by atoms with Gasteiger partial charge in [-0.05, 0) is 31.2 Å². The number of rotatable bonds is 5. The van der Waals surface area contributed by atoms with Gasteiger partial charge in [-0.2, -0.15) is 0 Å². The molecular weight excluding hydrogens is 296 g/mol. The fraction of sp³-hybridized carbons (Fsp3) is 0.529. The minimum atomic E-state index is -0.621. The van der Waals surface area contributed by atoms with E-state index in [2.05, 4.69) is 5.32 Å². The smallest absolute Gasteiger partial charge is 0.408 e. The molecule has 1 saturated heterocycles. The van der Waals surface area contributed by atoms with Crippen LogP contribution in [0.1, 0.15) is 25.3 Å². The van der Waals surface area contributed by atoms with Crippen molar-refractivity contribution in [3.05, 3.63) is 35.9 Å². The molecule has 0 unspecified atom stereocenters. The number of aliphatic hydroxyl groups is 1. The third-order valence-electron chi connectivity index (χ3n) is 4.10. The summed E-state index contributed by atoms with van der Waals surface area (Å²) in [5.74, 6) is 0.163. The van der Waals surface area contributed by atoms with Crippen LogP contribution in [-0.2, 0) is 16.1 Å². The van der Waals surface area contributed by atoms with Crippen LogP contribution >= 0.6 is 0 Å². The van der Waals surface area contributed by atoms with Crippen molar-refractivity contribution < 1.29 is 19.4 Å². The molecule has 126 valence electrons. The highest BCUT2D eigenvalue weighted by Crippen LogP contribution is 2.17. The fourth-order valence-electron chi connectivity index (χ4n) is 2.61. The van der Waals surface area contributed by atoms with Crippen LogP contribution < -0.4 is 5.32 Å². The van der Waals surface area contributed by atoms with E-state index < -0.39 is 12.1 Å². The number of nitrogens with zero attached hydrogens (tertiary/aromatic N) is 1. The largest absolute Gasteiger partial charge is 0.445 e. The van der Waals surface area contributed by atoms with Gasteiger partial charge in [-0.1, -0.05) is 30.3 Å². The Morgan fingerprint density at radius 1 is 1.30 bits per heavy atom. The van der Waals surface area contributed by atoms with E-state index in [0.29, 0.717) is 13.1 Å². The highest BCUT2D eigenvalue weighted by atomic mass is 16.5. The average molecular weight is 320 g/mol. The van der Waals surface area contributed by atoms with Crippen LogP contribution in [-0.4, -0.2) is 47.7 Å². The Bertz CT molecular complexity index is 513. The van der Waals surface area contributed by atoms with Crippen molar-refractivity contribution in [3.8, 4) is 0 Å². The zero-order chi connectivity index (χ0) is 16.7. The van der Waals surface area contributed by atoms with E-state index >= 15 is 0 Å². The van der Waals surface area contributed by atoms with Crippen LogP contribution in [0.5, 0.6) is 0 Å². The number of piperidine rings is 1. The first-order valence-corrected chi connectivity index (χ1v) is 7.97. The van der Waals surface area contributed by atoms with Crippen molar-refractivity contribution in [3.63, 3.8) is 0 Å². The van der Waals surface area contributed by atoms with Crippen molar-refractivity contribution in [1.29, 1.82) is 0 Å². The van der Waals surface area contributed by atoms with Gasteiger partial charge < -0.3 is 20.1 Å². The number of nitrogens with one attached hydrogen (secondary N) is 1. The lowest BCUT2D eigenvalue weighted by Gasteiger charge is -2.32. The topological polar surface area (TPSA) is 78.9 Å². The number of amides is 2. The first-order chi connectivity index (χ1) is 11.1. The Kier molecular flexibility index (Phi) is 6.40. The van der Waals surface area contributed by atoms with Crippen LogP contribution in [0, 0.1) is 5.92 Å². The Hall–Kier alpha value is -2.08. The molecule has 0 spiro atoms. The molecule has 0 aromatic heterocycles. The minimum Gasteiger partial charge on any atom is -0.445 e. The lowest BCUT2D eigenvalue weighted by Crippen LogP contribution is -2.49. The standard InChI is InChI=1S/C17H24N2O4/c1-13(16(21)19-9-7-14(11-20)8-10-19)18-17(22)23-12-15-5-3-2-4-6-15/h2-6,13-14,20H,7-12H2,1H3,(H,18,22)/t13-/m0/s1. The number of alkyl carbamates (subject to hydrolysis) is 1. The van der Waals surface area contributed by atoms with E-state index in [0.717, 1.165) is 18.4 Å². The maximum absolute atomic E-state index is 12.3. The molecule has 1 heterocycles. The van der Waals surface area contributed by atoms with Gasteiger partial charge in [0.2, 0.25) is 5.91 Å². The summed E-state index contributed by atoms with van der Waals surface area (Å²) in [5, 5.41) is 11.7. The van der Waals surface area contributed by atoms with Crippen LogP contribution in [0.25, 0.3) is 0 Å². The normalized spacial score (nSPS) is 16.7. The van der Waals surface area contributed by atoms with Crippen LogP contribution in [0.4, 0.5) is 4.79 Å². The second-order valence-electron chi connectivity index (χ2n) is 5.88. The molecule has 0 saturated carbocycles. The first kappa shape index (κ1) is 17.3. The highest BCUT2D eigenvalue weighted by Gasteiger charge is 2.26. The molecule has 6 heteroatoms. The number of likely N-dealkylation sites (tertiary alicyclic amines) is 1. The molecule has 1 aromatic carbocycles. The molecule has 1 atom stereocenters. The molecule has 2 rings (SSSR count). The van der Waals surface area contributed by atoms with Crippen LogP contribution in [0.15, 0.2) is 30.3 Å². The molecule has 0 aliphatic carbocycles. The van der Waals surface area contributed by atoms with Gasteiger partial charge in [0.25, 0.3) is 0 Å². The zero-order valence-electron chi connectivity index (χ0n) is 13.4. The van der Waals surface area contributed by atoms with E-state index in [4.69, 9.17) is 9.84 Å². The molecule has 0 bridgehead atoms. The zero-order valence-corrected chi connectivity index (χ0v) is 13.4. The number of carbonyl (C=O) groups is 2. The lowest BCUT2D eigenvalue weighted by molar-refractivity contribution is -0.134. The number of hydrogen-bond acceptors (Lipinski definition) is 4. The number of ether oxygens (including phenoxy) is 1. The van der Waals surface area contributed by atoms with Crippen LogP contribution in [0.2, 0.25) is 0 Å². The second kappa shape index (κ2) is 8.53. The van der Waals surface area contributed by atoms with Crippen molar-refractivity contribution in [2.24, 2.45) is 5.92 Å². The quantitative estimate of drug-likeness (QED) is 0.862. The molecule has 0 radical (unpaired) electrons. The van der Waals surface area contributed by atoms with Gasteiger partial charge in [0, 0.05) is 19.7 Å². The third-order valence-corrected chi connectivity index (χ3v) is 4.10. The number of aliphatic hydroxyl groups excluding tert-OH is 1. The van der Waals surface area contributed by atoms with Gasteiger partial charge in [-0.3, -0.25) is 4.79 Å². The number of carbonyl (C=O) groups excluding carboxylic acids is 2. The highest BCUT2D eigenvalue weighted by molar-refractivity contribution is 5.85. The molecular formula is C17H24N2O4. The monoisotopic (exact) mass is 320 g/mol. The summed E-state index contributed by atoms with van der Waals surface area (Å²) in [6, 6.07) is 8.76. The maximum Gasteiger partial charge on any atom is 0.408 e.